The summed E-state index contributed by atoms with van der Waals surface area (Å²) in [7, 11) is -2.02. The molecule has 114 valence electrons. The summed E-state index contributed by atoms with van der Waals surface area (Å²) in [5.41, 5.74) is 0. The Bertz CT molecular complexity index is 598. The minimum Gasteiger partial charge on any atom is -0.316 e. The van der Waals surface area contributed by atoms with Gasteiger partial charge in [0.1, 0.15) is 4.90 Å². The fourth-order valence-electron chi connectivity index (χ4n) is 2.03. The predicted molar refractivity (Wildman–Crippen MR) is 79.9 cm³/mol. The molecule has 1 N–H and O–H groups in total. The van der Waals surface area contributed by atoms with Crippen LogP contribution in [-0.4, -0.2) is 38.9 Å². The van der Waals surface area contributed by atoms with E-state index in [4.69, 9.17) is 23.2 Å². The van der Waals surface area contributed by atoms with Gasteiger partial charge in [0.25, 0.3) is 0 Å². The molecular weight excluding hydrogens is 350 g/mol. The van der Waals surface area contributed by atoms with Gasteiger partial charge in [-0.2, -0.15) is 4.31 Å². The molecular formula is C11H14Cl3FN2O2S. The molecule has 1 heterocycles. The molecule has 1 atom stereocenters. The zero-order valence-corrected chi connectivity index (χ0v) is 13.7. The topological polar surface area (TPSA) is 49.4 Å². The van der Waals surface area contributed by atoms with E-state index in [1.165, 1.54) is 16.4 Å². The Labute approximate surface area is 133 Å². The summed E-state index contributed by atoms with van der Waals surface area (Å²) in [5.74, 6) is -0.909. The van der Waals surface area contributed by atoms with Gasteiger partial charge in [-0.25, -0.2) is 12.8 Å². The molecule has 0 aliphatic carbocycles. The van der Waals surface area contributed by atoms with Crippen LogP contribution < -0.4 is 5.32 Å². The summed E-state index contributed by atoms with van der Waals surface area (Å²) in [6.07, 6.45) is 0.712. The van der Waals surface area contributed by atoms with E-state index in [1.54, 1.807) is 7.05 Å². The van der Waals surface area contributed by atoms with Crippen molar-refractivity contribution in [3.05, 3.63) is 28.0 Å². The first-order chi connectivity index (χ1) is 8.87. The van der Waals surface area contributed by atoms with E-state index in [1.807, 2.05) is 0 Å². The van der Waals surface area contributed by atoms with Crippen molar-refractivity contribution in [2.75, 3.05) is 20.1 Å². The van der Waals surface area contributed by atoms with Crippen LogP contribution >= 0.6 is 35.6 Å². The van der Waals surface area contributed by atoms with E-state index >= 15 is 0 Å². The van der Waals surface area contributed by atoms with Gasteiger partial charge in [0.15, 0.2) is 5.82 Å². The summed E-state index contributed by atoms with van der Waals surface area (Å²) in [5, 5.41) is 2.36. The van der Waals surface area contributed by atoms with Gasteiger partial charge >= 0.3 is 0 Å². The number of hydrogen-bond acceptors (Lipinski definition) is 3. The van der Waals surface area contributed by atoms with Gasteiger partial charge in [0, 0.05) is 19.1 Å². The number of halogens is 4. The molecule has 1 unspecified atom stereocenters. The summed E-state index contributed by atoms with van der Waals surface area (Å²) in [6.45, 7) is 0.730. The molecule has 1 aliphatic heterocycles. The molecule has 1 aromatic carbocycles. The number of benzene rings is 1. The third kappa shape index (κ3) is 3.21. The highest BCUT2D eigenvalue weighted by Gasteiger charge is 2.34. The van der Waals surface area contributed by atoms with Gasteiger partial charge in [-0.05, 0) is 25.6 Å². The maximum absolute atomic E-state index is 13.6. The first-order valence-electron chi connectivity index (χ1n) is 5.69. The molecule has 2 rings (SSSR count). The summed E-state index contributed by atoms with van der Waals surface area (Å²) in [4.78, 5) is -0.243. The van der Waals surface area contributed by atoms with Crippen molar-refractivity contribution in [1.29, 1.82) is 0 Å². The SMILES string of the molecule is CNC1CCN(S(=O)(=O)c2ccc(Cl)c(F)c2Cl)C1.Cl. The zero-order chi connectivity index (χ0) is 14.2. The van der Waals surface area contributed by atoms with Crippen molar-refractivity contribution in [1.82, 2.24) is 9.62 Å². The Morgan fingerprint density at radius 3 is 2.60 bits per heavy atom. The quantitative estimate of drug-likeness (QED) is 0.840. The molecule has 0 aromatic heterocycles. The molecule has 9 heteroatoms. The van der Waals surface area contributed by atoms with Gasteiger partial charge in [-0.1, -0.05) is 23.2 Å². The second-order valence-corrected chi connectivity index (χ2v) is 7.00. The first-order valence-corrected chi connectivity index (χ1v) is 7.88. The lowest BCUT2D eigenvalue weighted by atomic mass is 10.3. The monoisotopic (exact) mass is 362 g/mol. The molecule has 1 aromatic rings. The lowest BCUT2D eigenvalue weighted by Gasteiger charge is -2.17. The van der Waals surface area contributed by atoms with Crippen molar-refractivity contribution in [2.45, 2.75) is 17.4 Å². The molecule has 1 fully saturated rings. The van der Waals surface area contributed by atoms with E-state index in [0.717, 1.165) is 0 Å². The number of nitrogens with zero attached hydrogens (tertiary/aromatic N) is 1. The van der Waals surface area contributed by atoms with Crippen molar-refractivity contribution >= 4 is 45.6 Å². The number of rotatable bonds is 3. The number of sulfonamides is 1. The first kappa shape index (κ1) is 17.9. The van der Waals surface area contributed by atoms with Crippen LogP contribution in [-0.2, 0) is 10.0 Å². The van der Waals surface area contributed by atoms with Gasteiger partial charge in [0.2, 0.25) is 10.0 Å². The Morgan fingerprint density at radius 1 is 1.40 bits per heavy atom. The van der Waals surface area contributed by atoms with Crippen molar-refractivity contribution in [3.63, 3.8) is 0 Å². The molecule has 0 bridgehead atoms. The molecule has 20 heavy (non-hydrogen) atoms. The van der Waals surface area contributed by atoms with Crippen molar-refractivity contribution in [2.24, 2.45) is 0 Å². The van der Waals surface area contributed by atoms with E-state index < -0.39 is 20.9 Å². The Hall–Kier alpha value is -0.110. The number of nitrogens with one attached hydrogen (secondary N) is 1. The predicted octanol–water partition coefficient (Wildman–Crippen LogP) is 2.54. The number of hydrogen-bond donors (Lipinski definition) is 1. The second kappa shape index (κ2) is 6.77. The fourth-order valence-corrected chi connectivity index (χ4v) is 4.25. The van der Waals surface area contributed by atoms with Crippen molar-refractivity contribution < 1.29 is 12.8 Å². The van der Waals surface area contributed by atoms with Gasteiger partial charge < -0.3 is 5.32 Å². The largest absolute Gasteiger partial charge is 0.316 e. The normalized spacial score (nSPS) is 19.9. The molecule has 1 saturated heterocycles. The highest BCUT2D eigenvalue weighted by atomic mass is 35.5. The van der Waals surface area contributed by atoms with Crippen LogP contribution in [0.25, 0.3) is 0 Å². The van der Waals surface area contributed by atoms with Crippen LogP contribution in [0.15, 0.2) is 17.0 Å². The lowest BCUT2D eigenvalue weighted by molar-refractivity contribution is 0.464. The van der Waals surface area contributed by atoms with Crippen LogP contribution in [0.2, 0.25) is 10.0 Å². The fraction of sp³-hybridized carbons (Fsp3) is 0.455. The average molecular weight is 364 g/mol. The maximum Gasteiger partial charge on any atom is 0.244 e. The summed E-state index contributed by atoms with van der Waals surface area (Å²) >= 11 is 11.3. The third-order valence-electron chi connectivity index (χ3n) is 3.18. The zero-order valence-electron chi connectivity index (χ0n) is 10.6. The Balaban J connectivity index is 0.00000200. The van der Waals surface area contributed by atoms with Crippen LogP contribution in [0.4, 0.5) is 4.39 Å². The molecule has 0 saturated carbocycles. The third-order valence-corrected chi connectivity index (χ3v) is 5.86. The molecule has 1 aliphatic rings. The van der Waals surface area contributed by atoms with Crippen LogP contribution in [0.3, 0.4) is 0 Å². The average Bonchev–Trinajstić information content (AvgIpc) is 2.85. The second-order valence-electron chi connectivity index (χ2n) is 4.31. The highest BCUT2D eigenvalue weighted by Crippen LogP contribution is 2.32. The standard InChI is InChI=1S/C11H13Cl2FN2O2S.ClH/c1-15-7-4-5-16(6-7)19(17,18)9-3-2-8(12)11(14)10(9)13;/h2-3,7,15H,4-6H2,1H3;1H. The smallest absolute Gasteiger partial charge is 0.244 e. The van der Waals surface area contributed by atoms with E-state index in [2.05, 4.69) is 5.32 Å². The van der Waals surface area contributed by atoms with E-state index in [0.29, 0.717) is 19.5 Å². The summed E-state index contributed by atoms with van der Waals surface area (Å²) in [6, 6.07) is 2.53. The molecule has 0 spiro atoms. The van der Waals surface area contributed by atoms with E-state index in [-0.39, 0.29) is 28.4 Å². The van der Waals surface area contributed by atoms with Crippen molar-refractivity contribution in [3.8, 4) is 0 Å². The minimum atomic E-state index is -3.79. The minimum absolute atomic E-state index is 0. The highest BCUT2D eigenvalue weighted by molar-refractivity contribution is 7.89. The molecule has 0 radical (unpaired) electrons. The lowest BCUT2D eigenvalue weighted by Crippen LogP contribution is -2.33. The molecule has 0 amide bonds. The Kier molecular flexibility index (Phi) is 6.07. The number of likely N-dealkylation sites (N-methyl/N-ethyl adjacent to an activating group) is 1. The van der Waals surface area contributed by atoms with E-state index in [9.17, 15) is 12.8 Å². The van der Waals surface area contributed by atoms with Crippen LogP contribution in [0.1, 0.15) is 6.42 Å². The maximum atomic E-state index is 13.6. The molecule has 4 nitrogen and oxygen atoms in total. The van der Waals surface area contributed by atoms with Gasteiger partial charge in [-0.3, -0.25) is 0 Å². The summed E-state index contributed by atoms with van der Waals surface area (Å²) < 4.78 is 39.7. The van der Waals surface area contributed by atoms with Gasteiger partial charge in [-0.15, -0.1) is 12.4 Å². The van der Waals surface area contributed by atoms with Gasteiger partial charge in [0.05, 0.1) is 10.0 Å². The Morgan fingerprint density at radius 2 is 2.05 bits per heavy atom. The van der Waals surface area contributed by atoms with Crippen LogP contribution in [0, 0.1) is 5.82 Å². The van der Waals surface area contributed by atoms with Crippen LogP contribution in [0.5, 0.6) is 0 Å².